The van der Waals surface area contributed by atoms with Crippen molar-refractivity contribution in [3.63, 3.8) is 0 Å². The summed E-state index contributed by atoms with van der Waals surface area (Å²) in [5.74, 6) is -0.557. The number of carbonyl (C=O) groups is 1. The van der Waals surface area contributed by atoms with E-state index in [0.717, 1.165) is 28.9 Å². The van der Waals surface area contributed by atoms with Crippen LogP contribution in [0.25, 0.3) is 17.3 Å². The van der Waals surface area contributed by atoms with Gasteiger partial charge < -0.3 is 0 Å². The molecule has 1 saturated heterocycles. The first-order valence-electron chi connectivity index (χ1n) is 10.6. The van der Waals surface area contributed by atoms with E-state index >= 15 is 0 Å². The second-order valence-corrected chi connectivity index (χ2v) is 7.89. The largest absolute Gasteiger partial charge is 0.299 e. The van der Waals surface area contributed by atoms with Crippen molar-refractivity contribution in [2.24, 2.45) is 0 Å². The first-order valence-corrected chi connectivity index (χ1v) is 10.6. The van der Waals surface area contributed by atoms with E-state index in [1.807, 2.05) is 35.1 Å². The Balaban J connectivity index is 1.35. The van der Waals surface area contributed by atoms with E-state index in [4.69, 9.17) is 5.21 Å². The van der Waals surface area contributed by atoms with Crippen molar-refractivity contribution in [1.82, 2.24) is 25.4 Å². The minimum Gasteiger partial charge on any atom is -0.299 e. The van der Waals surface area contributed by atoms with E-state index in [9.17, 15) is 4.79 Å². The molecule has 4 rings (SSSR count). The Morgan fingerprint density at radius 3 is 2.35 bits per heavy atom. The normalized spacial score (nSPS) is 14.7. The highest BCUT2D eigenvalue weighted by atomic mass is 16.5. The van der Waals surface area contributed by atoms with Crippen LogP contribution in [0.1, 0.15) is 36.0 Å². The summed E-state index contributed by atoms with van der Waals surface area (Å²) in [5, 5.41) is 17.1. The van der Waals surface area contributed by atoms with Crippen molar-refractivity contribution in [1.29, 1.82) is 0 Å². The number of nitrogens with one attached hydrogen (secondary N) is 1. The van der Waals surface area contributed by atoms with Crippen LogP contribution in [0, 0.1) is 0 Å². The van der Waals surface area contributed by atoms with E-state index in [1.165, 1.54) is 44.0 Å². The molecule has 1 aromatic heterocycles. The Labute approximate surface area is 182 Å². The van der Waals surface area contributed by atoms with Crippen molar-refractivity contribution in [2.45, 2.75) is 32.4 Å². The maximum Gasteiger partial charge on any atom is 0.267 e. The highest BCUT2D eigenvalue weighted by Gasteiger charge is 2.11. The predicted octanol–water partition coefficient (Wildman–Crippen LogP) is 3.50. The lowest BCUT2D eigenvalue weighted by Gasteiger charge is -2.26. The third kappa shape index (κ3) is 5.87. The summed E-state index contributed by atoms with van der Waals surface area (Å²) < 4.78 is 1.82. The van der Waals surface area contributed by atoms with Gasteiger partial charge in [0.1, 0.15) is 5.69 Å². The number of likely N-dealkylation sites (tertiary alicyclic amines) is 1. The number of piperidine rings is 1. The van der Waals surface area contributed by atoms with Gasteiger partial charge in [0.25, 0.3) is 5.91 Å². The highest BCUT2D eigenvalue weighted by Crippen LogP contribution is 2.19. The number of rotatable bonds is 7. The zero-order valence-corrected chi connectivity index (χ0v) is 17.4. The van der Waals surface area contributed by atoms with Gasteiger partial charge >= 0.3 is 0 Å². The first-order chi connectivity index (χ1) is 15.2. The fourth-order valence-electron chi connectivity index (χ4n) is 3.79. The standard InChI is InChI=1S/C24H27N5O2/c30-24(26-31)13-10-19-4-6-21(7-5-19)17-29-18-23(25-27-29)22-11-8-20(9-12-22)16-28-14-2-1-3-15-28/h4-13,18,31H,1-3,14-17H2,(H,26,30)/b13-10+. The van der Waals surface area contributed by atoms with Crippen LogP contribution in [0.4, 0.5) is 0 Å². The summed E-state index contributed by atoms with van der Waals surface area (Å²) in [4.78, 5) is 13.6. The van der Waals surface area contributed by atoms with Gasteiger partial charge in [-0.3, -0.25) is 14.9 Å². The van der Waals surface area contributed by atoms with Gasteiger partial charge in [-0.25, -0.2) is 10.2 Å². The molecule has 2 aromatic carbocycles. The Morgan fingerprint density at radius 1 is 0.968 bits per heavy atom. The van der Waals surface area contributed by atoms with Crippen molar-refractivity contribution in [3.05, 3.63) is 77.5 Å². The lowest BCUT2D eigenvalue weighted by molar-refractivity contribution is -0.124. The summed E-state index contributed by atoms with van der Waals surface area (Å²) in [6.07, 6.45) is 8.84. The molecule has 0 spiro atoms. The molecule has 2 heterocycles. The summed E-state index contributed by atoms with van der Waals surface area (Å²) in [5.41, 5.74) is 6.79. The van der Waals surface area contributed by atoms with Gasteiger partial charge in [-0.1, -0.05) is 60.2 Å². The van der Waals surface area contributed by atoms with Crippen LogP contribution >= 0.6 is 0 Å². The summed E-state index contributed by atoms with van der Waals surface area (Å²) in [6, 6.07) is 16.4. The number of carbonyl (C=O) groups excluding carboxylic acids is 1. The second kappa shape index (κ2) is 10.1. The molecule has 0 atom stereocenters. The summed E-state index contributed by atoms with van der Waals surface area (Å²) in [6.45, 7) is 4.03. The molecule has 3 aromatic rings. The zero-order chi connectivity index (χ0) is 21.5. The first kappa shape index (κ1) is 21.0. The van der Waals surface area contributed by atoms with Crippen LogP contribution in [0.2, 0.25) is 0 Å². The topological polar surface area (TPSA) is 83.3 Å². The summed E-state index contributed by atoms with van der Waals surface area (Å²) in [7, 11) is 0. The number of hydrogen-bond donors (Lipinski definition) is 2. The molecule has 0 bridgehead atoms. The van der Waals surface area contributed by atoms with Gasteiger partial charge in [-0.05, 0) is 48.7 Å². The third-order valence-electron chi connectivity index (χ3n) is 5.50. The fraction of sp³-hybridized carbons (Fsp3) is 0.292. The van der Waals surface area contributed by atoms with Crippen LogP contribution in [-0.2, 0) is 17.9 Å². The molecule has 1 amide bonds. The Bertz CT molecular complexity index is 1020. The van der Waals surface area contributed by atoms with Crippen molar-refractivity contribution >= 4 is 12.0 Å². The number of hydrogen-bond acceptors (Lipinski definition) is 5. The Morgan fingerprint density at radius 2 is 1.65 bits per heavy atom. The summed E-state index contributed by atoms with van der Waals surface area (Å²) >= 11 is 0. The molecule has 1 aliphatic heterocycles. The molecule has 1 fully saturated rings. The van der Waals surface area contributed by atoms with Crippen LogP contribution in [0.5, 0.6) is 0 Å². The fourth-order valence-corrected chi connectivity index (χ4v) is 3.79. The molecule has 7 heteroatoms. The molecular formula is C24H27N5O2. The van der Waals surface area contributed by atoms with Crippen molar-refractivity contribution < 1.29 is 10.0 Å². The Hall–Kier alpha value is -3.29. The van der Waals surface area contributed by atoms with E-state index < -0.39 is 5.91 Å². The minimum absolute atomic E-state index is 0.557. The number of benzene rings is 2. The molecule has 0 saturated carbocycles. The van der Waals surface area contributed by atoms with E-state index in [1.54, 1.807) is 11.6 Å². The monoisotopic (exact) mass is 417 g/mol. The van der Waals surface area contributed by atoms with Crippen LogP contribution < -0.4 is 5.48 Å². The molecule has 1 aliphatic rings. The van der Waals surface area contributed by atoms with Crippen molar-refractivity contribution in [3.8, 4) is 11.3 Å². The van der Waals surface area contributed by atoms with Gasteiger partial charge in [0, 0.05) is 18.2 Å². The van der Waals surface area contributed by atoms with Gasteiger partial charge in [0.15, 0.2) is 0 Å². The molecule has 7 nitrogen and oxygen atoms in total. The Kier molecular flexibility index (Phi) is 6.86. The third-order valence-corrected chi connectivity index (χ3v) is 5.50. The maximum absolute atomic E-state index is 11.1. The molecule has 0 radical (unpaired) electrons. The lowest BCUT2D eigenvalue weighted by atomic mass is 10.1. The predicted molar refractivity (Wildman–Crippen MR) is 119 cm³/mol. The highest BCUT2D eigenvalue weighted by molar-refractivity contribution is 5.90. The van der Waals surface area contributed by atoms with E-state index in [-0.39, 0.29) is 0 Å². The van der Waals surface area contributed by atoms with Crippen LogP contribution in [-0.4, -0.2) is 44.1 Å². The van der Waals surface area contributed by atoms with E-state index in [0.29, 0.717) is 6.54 Å². The zero-order valence-electron chi connectivity index (χ0n) is 17.4. The molecule has 0 aliphatic carbocycles. The molecule has 160 valence electrons. The quantitative estimate of drug-likeness (QED) is 0.349. The van der Waals surface area contributed by atoms with Gasteiger partial charge in [0.2, 0.25) is 0 Å². The van der Waals surface area contributed by atoms with Crippen molar-refractivity contribution in [2.75, 3.05) is 13.1 Å². The van der Waals surface area contributed by atoms with Gasteiger partial charge in [-0.15, -0.1) is 5.10 Å². The lowest BCUT2D eigenvalue weighted by Crippen LogP contribution is -2.28. The molecule has 2 N–H and O–H groups in total. The average Bonchev–Trinajstić information content (AvgIpc) is 3.28. The smallest absolute Gasteiger partial charge is 0.267 e. The second-order valence-electron chi connectivity index (χ2n) is 7.89. The number of amides is 1. The number of aromatic nitrogens is 3. The van der Waals surface area contributed by atoms with E-state index in [2.05, 4.69) is 39.5 Å². The van der Waals surface area contributed by atoms with Gasteiger partial charge in [-0.2, -0.15) is 0 Å². The minimum atomic E-state index is -0.557. The van der Waals surface area contributed by atoms with Crippen LogP contribution in [0.15, 0.2) is 60.8 Å². The number of hydroxylamine groups is 1. The number of nitrogens with zero attached hydrogens (tertiary/aromatic N) is 4. The SMILES string of the molecule is O=C(/C=C/c1ccc(Cn2cc(-c3ccc(CN4CCCCC4)cc3)nn2)cc1)NO. The molecule has 0 unspecified atom stereocenters. The molecule has 31 heavy (non-hydrogen) atoms. The average molecular weight is 418 g/mol. The van der Waals surface area contributed by atoms with Gasteiger partial charge in [0.05, 0.1) is 12.7 Å². The molecular weight excluding hydrogens is 390 g/mol. The maximum atomic E-state index is 11.1. The van der Waals surface area contributed by atoms with Crippen LogP contribution in [0.3, 0.4) is 0 Å².